The van der Waals surface area contributed by atoms with Gasteiger partial charge >= 0.3 is 6.03 Å². The van der Waals surface area contributed by atoms with Crippen molar-refractivity contribution in [1.29, 1.82) is 0 Å². The topological polar surface area (TPSA) is 90.0 Å². The minimum absolute atomic E-state index is 0.0756. The predicted octanol–water partition coefficient (Wildman–Crippen LogP) is 0.205. The number of amides is 4. The van der Waals surface area contributed by atoms with Gasteiger partial charge in [0.05, 0.1) is 13.1 Å². The van der Waals surface area contributed by atoms with E-state index in [0.717, 1.165) is 0 Å². The lowest BCUT2D eigenvalue weighted by Crippen LogP contribution is -2.56. The van der Waals surface area contributed by atoms with E-state index < -0.39 is 6.03 Å². The van der Waals surface area contributed by atoms with Gasteiger partial charge in [-0.15, -0.1) is 0 Å². The van der Waals surface area contributed by atoms with Crippen molar-refractivity contribution in [3.05, 3.63) is 29.3 Å². The summed E-state index contributed by atoms with van der Waals surface area (Å²) in [4.78, 5) is 35.0. The van der Waals surface area contributed by atoms with Crippen LogP contribution in [0.5, 0.6) is 5.75 Å². The van der Waals surface area contributed by atoms with Crippen LogP contribution in [0, 0.1) is 0 Å². The molecule has 19 heavy (non-hydrogen) atoms. The summed E-state index contributed by atoms with van der Waals surface area (Å²) in [6, 6.07) is 3.86. The number of phenolic OH excluding ortho intramolecular Hbond substituents is 1. The summed E-state index contributed by atoms with van der Waals surface area (Å²) in [7, 11) is 0. The maximum absolute atomic E-state index is 12.2. The fourth-order valence-electron chi connectivity index (χ4n) is 2.27. The molecule has 0 spiro atoms. The summed E-state index contributed by atoms with van der Waals surface area (Å²) in [6.07, 6.45) is 0.164. The van der Waals surface area contributed by atoms with Gasteiger partial charge in [0.2, 0.25) is 5.91 Å². The molecule has 2 aliphatic rings. The van der Waals surface area contributed by atoms with Gasteiger partial charge in [0.25, 0.3) is 5.91 Å². The second kappa shape index (κ2) is 3.98. The average molecular weight is 261 g/mol. The van der Waals surface area contributed by atoms with Gasteiger partial charge in [-0.1, -0.05) is 0 Å². The lowest BCUT2D eigenvalue weighted by Gasteiger charge is -2.33. The Kier molecular flexibility index (Phi) is 2.41. The van der Waals surface area contributed by atoms with E-state index in [1.807, 2.05) is 0 Å². The zero-order valence-electron chi connectivity index (χ0n) is 9.92. The number of hydrazine groups is 1. The summed E-state index contributed by atoms with van der Waals surface area (Å²) in [5, 5.41) is 14.1. The Morgan fingerprint density at radius 1 is 1.16 bits per heavy atom. The molecule has 0 bridgehead atoms. The van der Waals surface area contributed by atoms with Crippen molar-refractivity contribution in [2.45, 2.75) is 13.0 Å². The number of carbonyl (C=O) groups excluding carboxylic acids is 3. The Hall–Kier alpha value is -2.57. The van der Waals surface area contributed by atoms with Crippen LogP contribution in [0.25, 0.3) is 0 Å². The van der Waals surface area contributed by atoms with Gasteiger partial charge in [0, 0.05) is 12.0 Å². The number of aromatic hydroxyl groups is 1. The van der Waals surface area contributed by atoms with Gasteiger partial charge in [-0.3, -0.25) is 14.9 Å². The molecule has 1 fully saturated rings. The first-order valence-corrected chi connectivity index (χ1v) is 5.81. The van der Waals surface area contributed by atoms with Crippen LogP contribution in [-0.4, -0.2) is 39.5 Å². The van der Waals surface area contributed by atoms with Crippen LogP contribution >= 0.6 is 0 Å². The summed E-state index contributed by atoms with van der Waals surface area (Å²) >= 11 is 0. The number of benzene rings is 1. The third kappa shape index (κ3) is 1.79. The lowest BCUT2D eigenvalue weighted by atomic mass is 10.1. The Morgan fingerprint density at radius 2 is 1.95 bits per heavy atom. The summed E-state index contributed by atoms with van der Waals surface area (Å²) < 4.78 is 0. The van der Waals surface area contributed by atoms with E-state index >= 15 is 0 Å². The highest BCUT2D eigenvalue weighted by Gasteiger charge is 2.36. The maximum Gasteiger partial charge on any atom is 0.342 e. The molecule has 0 radical (unpaired) electrons. The van der Waals surface area contributed by atoms with Crippen LogP contribution in [-0.2, 0) is 11.3 Å². The largest absolute Gasteiger partial charge is 0.508 e. The van der Waals surface area contributed by atoms with Crippen molar-refractivity contribution in [2.24, 2.45) is 0 Å². The van der Waals surface area contributed by atoms with Crippen LogP contribution in [0.1, 0.15) is 22.3 Å². The maximum atomic E-state index is 12.2. The van der Waals surface area contributed by atoms with Crippen molar-refractivity contribution in [3.8, 4) is 5.75 Å². The molecule has 3 rings (SSSR count). The third-order valence-corrected chi connectivity index (χ3v) is 3.20. The molecular formula is C12H11N3O4. The number of hydrogen-bond donors (Lipinski definition) is 2. The third-order valence-electron chi connectivity index (χ3n) is 3.20. The van der Waals surface area contributed by atoms with Crippen LogP contribution in [0.15, 0.2) is 18.2 Å². The Morgan fingerprint density at radius 3 is 2.68 bits per heavy atom. The van der Waals surface area contributed by atoms with Crippen LogP contribution < -0.4 is 5.32 Å². The van der Waals surface area contributed by atoms with E-state index in [1.54, 1.807) is 0 Å². The first-order chi connectivity index (χ1) is 9.06. The van der Waals surface area contributed by atoms with Crippen LogP contribution in [0.4, 0.5) is 4.79 Å². The second-order valence-electron chi connectivity index (χ2n) is 4.43. The second-order valence-corrected chi connectivity index (χ2v) is 4.43. The standard InChI is InChI=1S/C12H11N3O4/c16-8-1-2-9-7(5-8)6-15(11(9)18)14-4-3-10(17)13-12(14)19/h1-2,5,16H,3-4,6H2,(H,13,17,19). The SMILES string of the molecule is O=C1CCN(N2Cc3cc(O)ccc3C2=O)C(=O)N1. The minimum atomic E-state index is -0.596. The Bertz CT molecular complexity index is 599. The molecule has 7 nitrogen and oxygen atoms in total. The molecule has 2 heterocycles. The van der Waals surface area contributed by atoms with Gasteiger partial charge in [0.15, 0.2) is 0 Å². The molecular weight excluding hydrogens is 250 g/mol. The number of nitrogens with one attached hydrogen (secondary N) is 1. The molecule has 4 amide bonds. The molecule has 1 saturated heterocycles. The van der Waals surface area contributed by atoms with E-state index in [0.29, 0.717) is 11.1 Å². The van der Waals surface area contributed by atoms with E-state index in [-0.39, 0.29) is 37.1 Å². The first kappa shape index (κ1) is 11.5. The van der Waals surface area contributed by atoms with E-state index in [1.165, 1.54) is 28.2 Å². The first-order valence-electron chi connectivity index (χ1n) is 5.81. The molecule has 1 aromatic rings. The average Bonchev–Trinajstić information content (AvgIpc) is 2.66. The van der Waals surface area contributed by atoms with Gasteiger partial charge < -0.3 is 5.11 Å². The van der Waals surface area contributed by atoms with E-state index in [2.05, 4.69) is 5.32 Å². The fraction of sp³-hybridized carbons (Fsp3) is 0.250. The zero-order chi connectivity index (χ0) is 13.6. The smallest absolute Gasteiger partial charge is 0.342 e. The number of phenols is 1. The summed E-state index contributed by atoms with van der Waals surface area (Å²) in [6.45, 7) is 0.389. The molecule has 0 saturated carbocycles. The van der Waals surface area contributed by atoms with Crippen molar-refractivity contribution < 1.29 is 19.5 Å². The zero-order valence-corrected chi connectivity index (χ0v) is 9.92. The van der Waals surface area contributed by atoms with Crippen molar-refractivity contribution in [1.82, 2.24) is 15.3 Å². The van der Waals surface area contributed by atoms with Crippen LogP contribution in [0.3, 0.4) is 0 Å². The number of hydrogen-bond acceptors (Lipinski definition) is 4. The molecule has 7 heteroatoms. The fourth-order valence-corrected chi connectivity index (χ4v) is 2.27. The number of urea groups is 1. The summed E-state index contributed by atoms with van der Waals surface area (Å²) in [5.41, 5.74) is 1.12. The monoisotopic (exact) mass is 261 g/mol. The van der Waals surface area contributed by atoms with Gasteiger partial charge in [-0.2, -0.15) is 0 Å². The molecule has 2 aliphatic heterocycles. The normalized spacial score (nSPS) is 18.6. The number of fused-ring (bicyclic) bond motifs is 1. The van der Waals surface area contributed by atoms with Crippen molar-refractivity contribution in [3.63, 3.8) is 0 Å². The highest BCUT2D eigenvalue weighted by molar-refractivity contribution is 6.01. The molecule has 98 valence electrons. The number of nitrogens with zero attached hydrogens (tertiary/aromatic N) is 2. The molecule has 2 N–H and O–H groups in total. The quantitative estimate of drug-likeness (QED) is 0.756. The molecule has 1 aromatic carbocycles. The highest BCUT2D eigenvalue weighted by Crippen LogP contribution is 2.27. The predicted molar refractivity (Wildman–Crippen MR) is 62.8 cm³/mol. The van der Waals surface area contributed by atoms with E-state index in [4.69, 9.17) is 0 Å². The van der Waals surface area contributed by atoms with Gasteiger partial charge in [-0.05, 0) is 23.8 Å². The summed E-state index contributed by atoms with van der Waals surface area (Å²) in [5.74, 6) is -0.575. The van der Waals surface area contributed by atoms with E-state index in [9.17, 15) is 19.5 Å². The molecule has 0 unspecified atom stereocenters. The lowest BCUT2D eigenvalue weighted by molar-refractivity contribution is -0.123. The molecule has 0 atom stereocenters. The minimum Gasteiger partial charge on any atom is -0.508 e. The number of rotatable bonds is 1. The molecule has 0 aromatic heterocycles. The number of carbonyl (C=O) groups is 3. The highest BCUT2D eigenvalue weighted by atomic mass is 16.3. The van der Waals surface area contributed by atoms with Crippen molar-refractivity contribution >= 4 is 17.8 Å². The van der Waals surface area contributed by atoms with Crippen LogP contribution in [0.2, 0.25) is 0 Å². The number of imide groups is 1. The Balaban J connectivity index is 1.87. The van der Waals surface area contributed by atoms with Gasteiger partial charge in [0.1, 0.15) is 5.75 Å². The molecule has 0 aliphatic carbocycles. The van der Waals surface area contributed by atoms with Gasteiger partial charge in [-0.25, -0.2) is 14.8 Å². The van der Waals surface area contributed by atoms with Crippen molar-refractivity contribution in [2.75, 3.05) is 6.54 Å². The Labute approximate surface area is 108 Å².